The van der Waals surface area contributed by atoms with Crippen LogP contribution in [0.2, 0.25) is 0 Å². The van der Waals surface area contributed by atoms with E-state index in [-0.39, 0.29) is 0 Å². The summed E-state index contributed by atoms with van der Waals surface area (Å²) in [6.07, 6.45) is 5.59. The molecule has 3 N–H and O–H groups in total. The van der Waals surface area contributed by atoms with E-state index in [4.69, 9.17) is 10.5 Å². The third-order valence-electron chi connectivity index (χ3n) is 2.63. The van der Waals surface area contributed by atoms with Crippen molar-refractivity contribution < 1.29 is 4.74 Å². The number of nitrogens with one attached hydrogen (secondary N) is 1. The minimum absolute atomic E-state index is 0.318. The van der Waals surface area contributed by atoms with Crippen LogP contribution < -0.4 is 11.1 Å². The minimum atomic E-state index is 0.318. The monoisotopic (exact) mass is 207 g/mol. The molecule has 4 nitrogen and oxygen atoms in total. The van der Waals surface area contributed by atoms with Gasteiger partial charge in [0.05, 0.1) is 11.8 Å². The zero-order chi connectivity index (χ0) is 10.5. The lowest BCUT2D eigenvalue weighted by Gasteiger charge is -2.23. The van der Waals surface area contributed by atoms with Crippen molar-refractivity contribution in [1.29, 1.82) is 0 Å². The molecule has 4 heteroatoms. The SMILES string of the molecule is Nc1ncccc1NCC1CCCCO1. The van der Waals surface area contributed by atoms with Crippen LogP contribution in [0.5, 0.6) is 0 Å². The molecule has 1 aliphatic heterocycles. The number of rotatable bonds is 3. The number of aromatic nitrogens is 1. The van der Waals surface area contributed by atoms with Gasteiger partial charge in [-0.05, 0) is 31.4 Å². The second-order valence-corrected chi connectivity index (χ2v) is 3.81. The summed E-state index contributed by atoms with van der Waals surface area (Å²) in [5.74, 6) is 0.549. The molecular weight excluding hydrogens is 190 g/mol. The first-order chi connectivity index (χ1) is 7.36. The number of nitrogens with two attached hydrogens (primary N) is 1. The molecule has 0 saturated carbocycles. The van der Waals surface area contributed by atoms with Crippen molar-refractivity contribution in [2.45, 2.75) is 25.4 Å². The summed E-state index contributed by atoms with van der Waals surface area (Å²) in [7, 11) is 0. The van der Waals surface area contributed by atoms with Crippen molar-refractivity contribution in [3.8, 4) is 0 Å². The molecule has 1 saturated heterocycles. The van der Waals surface area contributed by atoms with Crippen LogP contribution in [0, 0.1) is 0 Å². The first-order valence-corrected chi connectivity index (χ1v) is 5.42. The Morgan fingerprint density at radius 1 is 1.53 bits per heavy atom. The van der Waals surface area contributed by atoms with Crippen molar-refractivity contribution in [3.05, 3.63) is 18.3 Å². The van der Waals surface area contributed by atoms with Crippen molar-refractivity contribution in [2.24, 2.45) is 0 Å². The Morgan fingerprint density at radius 2 is 2.47 bits per heavy atom. The van der Waals surface area contributed by atoms with E-state index in [2.05, 4.69) is 10.3 Å². The summed E-state index contributed by atoms with van der Waals surface area (Å²) < 4.78 is 5.62. The lowest BCUT2D eigenvalue weighted by Crippen LogP contribution is -2.27. The molecule has 1 aromatic heterocycles. The average molecular weight is 207 g/mol. The van der Waals surface area contributed by atoms with Gasteiger partial charge < -0.3 is 15.8 Å². The van der Waals surface area contributed by atoms with Gasteiger partial charge in [-0.1, -0.05) is 0 Å². The number of ether oxygens (including phenoxy) is 1. The van der Waals surface area contributed by atoms with Crippen molar-refractivity contribution in [2.75, 3.05) is 24.2 Å². The smallest absolute Gasteiger partial charge is 0.146 e. The van der Waals surface area contributed by atoms with Gasteiger partial charge in [0.15, 0.2) is 0 Å². The number of nitrogens with zero attached hydrogens (tertiary/aromatic N) is 1. The number of anilines is 2. The highest BCUT2D eigenvalue weighted by Gasteiger charge is 2.13. The van der Waals surface area contributed by atoms with Crippen LogP contribution in [0.4, 0.5) is 11.5 Å². The van der Waals surface area contributed by atoms with Crippen LogP contribution >= 0.6 is 0 Å². The van der Waals surface area contributed by atoms with Crippen LogP contribution in [0.3, 0.4) is 0 Å². The third kappa shape index (κ3) is 2.83. The molecule has 0 spiro atoms. The van der Waals surface area contributed by atoms with Gasteiger partial charge >= 0.3 is 0 Å². The largest absolute Gasteiger partial charge is 0.382 e. The van der Waals surface area contributed by atoms with Gasteiger partial charge in [0, 0.05) is 19.3 Å². The second-order valence-electron chi connectivity index (χ2n) is 3.81. The highest BCUT2D eigenvalue weighted by molar-refractivity contribution is 5.60. The Kier molecular flexibility index (Phi) is 3.40. The van der Waals surface area contributed by atoms with Crippen LogP contribution in [0.15, 0.2) is 18.3 Å². The quantitative estimate of drug-likeness (QED) is 0.791. The fourth-order valence-corrected chi connectivity index (χ4v) is 1.76. The molecule has 2 heterocycles. The van der Waals surface area contributed by atoms with Gasteiger partial charge in [0.2, 0.25) is 0 Å². The van der Waals surface area contributed by atoms with Crippen molar-refractivity contribution >= 4 is 11.5 Å². The number of hydrogen-bond donors (Lipinski definition) is 2. The van der Waals surface area contributed by atoms with E-state index in [0.29, 0.717) is 11.9 Å². The van der Waals surface area contributed by atoms with E-state index in [1.54, 1.807) is 6.20 Å². The predicted octanol–water partition coefficient (Wildman–Crippen LogP) is 1.64. The Balaban J connectivity index is 1.84. The predicted molar refractivity (Wildman–Crippen MR) is 60.7 cm³/mol. The van der Waals surface area contributed by atoms with E-state index in [1.165, 1.54) is 12.8 Å². The van der Waals surface area contributed by atoms with Gasteiger partial charge in [-0.25, -0.2) is 4.98 Å². The van der Waals surface area contributed by atoms with Gasteiger partial charge in [-0.15, -0.1) is 0 Å². The molecule has 82 valence electrons. The number of nitrogen functional groups attached to an aromatic ring is 1. The summed E-state index contributed by atoms with van der Waals surface area (Å²) in [5.41, 5.74) is 6.62. The molecule has 0 radical (unpaired) electrons. The van der Waals surface area contributed by atoms with Crippen LogP contribution in [-0.2, 0) is 4.74 Å². The fraction of sp³-hybridized carbons (Fsp3) is 0.545. The Morgan fingerprint density at radius 3 is 3.20 bits per heavy atom. The summed E-state index contributed by atoms with van der Waals surface area (Å²) >= 11 is 0. The van der Waals surface area contributed by atoms with Gasteiger partial charge in [0.25, 0.3) is 0 Å². The molecule has 1 fully saturated rings. The molecule has 15 heavy (non-hydrogen) atoms. The van der Waals surface area contributed by atoms with Crippen LogP contribution in [-0.4, -0.2) is 24.2 Å². The fourth-order valence-electron chi connectivity index (χ4n) is 1.76. The third-order valence-corrected chi connectivity index (χ3v) is 2.63. The zero-order valence-electron chi connectivity index (χ0n) is 8.78. The van der Waals surface area contributed by atoms with E-state index in [9.17, 15) is 0 Å². The summed E-state index contributed by atoms with van der Waals surface area (Å²) in [6.45, 7) is 1.70. The molecule has 0 bridgehead atoms. The van der Waals surface area contributed by atoms with Crippen molar-refractivity contribution in [1.82, 2.24) is 4.98 Å². The molecule has 2 rings (SSSR count). The molecular formula is C11H17N3O. The molecule has 1 aromatic rings. The van der Waals surface area contributed by atoms with Crippen LogP contribution in [0.25, 0.3) is 0 Å². The normalized spacial score (nSPS) is 21.2. The highest BCUT2D eigenvalue weighted by Crippen LogP contribution is 2.16. The average Bonchev–Trinajstić information content (AvgIpc) is 2.29. The van der Waals surface area contributed by atoms with Gasteiger partial charge in [0.1, 0.15) is 5.82 Å². The lowest BCUT2D eigenvalue weighted by molar-refractivity contribution is 0.0248. The van der Waals surface area contributed by atoms with E-state index < -0.39 is 0 Å². The number of pyridine rings is 1. The Labute approximate surface area is 89.8 Å². The molecule has 0 aliphatic carbocycles. The first kappa shape index (κ1) is 10.2. The van der Waals surface area contributed by atoms with Gasteiger partial charge in [-0.2, -0.15) is 0 Å². The summed E-state index contributed by atoms with van der Waals surface area (Å²) in [5, 5.41) is 3.27. The maximum absolute atomic E-state index is 5.72. The Bertz CT molecular complexity index is 310. The zero-order valence-corrected chi connectivity index (χ0v) is 8.78. The lowest BCUT2D eigenvalue weighted by atomic mass is 10.1. The maximum Gasteiger partial charge on any atom is 0.146 e. The van der Waals surface area contributed by atoms with Gasteiger partial charge in [-0.3, -0.25) is 0 Å². The van der Waals surface area contributed by atoms with Crippen molar-refractivity contribution in [3.63, 3.8) is 0 Å². The van der Waals surface area contributed by atoms with E-state index in [1.807, 2.05) is 12.1 Å². The topological polar surface area (TPSA) is 60.2 Å². The molecule has 1 aliphatic rings. The molecule has 1 unspecified atom stereocenters. The highest BCUT2D eigenvalue weighted by atomic mass is 16.5. The van der Waals surface area contributed by atoms with Crippen LogP contribution in [0.1, 0.15) is 19.3 Å². The van der Waals surface area contributed by atoms with E-state index in [0.717, 1.165) is 25.3 Å². The summed E-state index contributed by atoms with van der Waals surface area (Å²) in [6, 6.07) is 3.81. The maximum atomic E-state index is 5.72. The summed E-state index contributed by atoms with van der Waals surface area (Å²) in [4.78, 5) is 4.02. The number of hydrogen-bond acceptors (Lipinski definition) is 4. The molecule has 1 atom stereocenters. The Hall–Kier alpha value is -1.29. The standard InChI is InChI=1S/C11H17N3O/c12-11-10(5-3-6-13-11)14-8-9-4-1-2-7-15-9/h3,5-6,9,14H,1-2,4,7-8H2,(H2,12,13). The first-order valence-electron chi connectivity index (χ1n) is 5.42. The second kappa shape index (κ2) is 4.98. The molecule has 0 aromatic carbocycles. The van der Waals surface area contributed by atoms with E-state index >= 15 is 0 Å². The minimum Gasteiger partial charge on any atom is -0.382 e. The molecule has 0 amide bonds.